The predicted octanol–water partition coefficient (Wildman–Crippen LogP) is 1.46. The van der Waals surface area contributed by atoms with Gasteiger partial charge in [0.15, 0.2) is 0 Å². The van der Waals surface area contributed by atoms with E-state index >= 15 is 0 Å². The minimum absolute atomic E-state index is 0.493. The Kier molecular flexibility index (Phi) is 3.29. The minimum Gasteiger partial charge on any atom is -0.381 e. The summed E-state index contributed by atoms with van der Waals surface area (Å²) in [5.74, 6) is 0.909. The van der Waals surface area contributed by atoms with Gasteiger partial charge in [-0.1, -0.05) is 0 Å². The van der Waals surface area contributed by atoms with Crippen molar-refractivity contribution in [3.05, 3.63) is 18.6 Å². The number of aromatic nitrogens is 2. The average molecular weight is 193 g/mol. The Morgan fingerprint density at radius 2 is 2.36 bits per heavy atom. The lowest BCUT2D eigenvalue weighted by Gasteiger charge is -2.15. The first kappa shape index (κ1) is 9.40. The molecule has 0 aromatic carbocycles. The van der Waals surface area contributed by atoms with Crippen molar-refractivity contribution in [3.63, 3.8) is 0 Å². The van der Waals surface area contributed by atoms with Gasteiger partial charge < -0.3 is 10.1 Å². The van der Waals surface area contributed by atoms with Crippen LogP contribution in [-0.2, 0) is 4.74 Å². The van der Waals surface area contributed by atoms with Crippen LogP contribution in [0.1, 0.15) is 19.3 Å². The first-order chi connectivity index (χ1) is 6.95. The summed E-state index contributed by atoms with van der Waals surface area (Å²) in [6.45, 7) is 1.74. The molecule has 1 unspecified atom stereocenters. The highest BCUT2D eigenvalue weighted by Crippen LogP contribution is 2.12. The minimum atomic E-state index is 0.493. The van der Waals surface area contributed by atoms with Crippen molar-refractivity contribution < 1.29 is 4.74 Å². The van der Waals surface area contributed by atoms with E-state index < -0.39 is 0 Å². The van der Waals surface area contributed by atoms with Crippen LogP contribution in [0.2, 0.25) is 0 Å². The molecular formula is C10H15N3O. The summed E-state index contributed by atoms with van der Waals surface area (Å²) in [6, 6.07) is 2.39. The third kappa shape index (κ3) is 2.67. The van der Waals surface area contributed by atoms with Crippen molar-refractivity contribution in [2.75, 3.05) is 18.5 Å². The molecule has 1 saturated heterocycles. The molecule has 2 rings (SSSR count). The number of hydrogen-bond donors (Lipinski definition) is 1. The van der Waals surface area contributed by atoms with Crippen LogP contribution in [0.3, 0.4) is 0 Å². The standard InChI is InChI=1S/C10H15N3O/c1-2-9(4-7-14-6-1)13-10-3-5-11-8-12-10/h3,5,8-9H,1-2,4,6-7H2,(H,11,12,13). The van der Waals surface area contributed by atoms with Crippen molar-refractivity contribution in [2.45, 2.75) is 25.3 Å². The van der Waals surface area contributed by atoms with Crippen molar-refractivity contribution in [1.82, 2.24) is 9.97 Å². The normalized spacial score (nSPS) is 22.7. The Balaban J connectivity index is 1.90. The Morgan fingerprint density at radius 1 is 1.36 bits per heavy atom. The molecule has 1 N–H and O–H groups in total. The Labute approximate surface area is 83.7 Å². The molecule has 76 valence electrons. The molecule has 2 heterocycles. The quantitative estimate of drug-likeness (QED) is 0.772. The molecule has 1 fully saturated rings. The van der Waals surface area contributed by atoms with Crippen LogP contribution < -0.4 is 5.32 Å². The second-order valence-electron chi connectivity index (χ2n) is 3.48. The maximum absolute atomic E-state index is 5.39. The molecule has 0 aliphatic carbocycles. The van der Waals surface area contributed by atoms with E-state index in [0.29, 0.717) is 6.04 Å². The first-order valence-electron chi connectivity index (χ1n) is 5.05. The molecular weight excluding hydrogens is 178 g/mol. The van der Waals surface area contributed by atoms with E-state index in [9.17, 15) is 0 Å². The van der Waals surface area contributed by atoms with Gasteiger partial charge in [-0.05, 0) is 25.3 Å². The van der Waals surface area contributed by atoms with E-state index in [4.69, 9.17) is 4.74 Å². The third-order valence-electron chi connectivity index (χ3n) is 2.39. The number of nitrogens with one attached hydrogen (secondary N) is 1. The molecule has 1 atom stereocenters. The molecule has 0 radical (unpaired) electrons. The molecule has 14 heavy (non-hydrogen) atoms. The maximum Gasteiger partial charge on any atom is 0.129 e. The second kappa shape index (κ2) is 4.91. The molecule has 1 aliphatic rings. The van der Waals surface area contributed by atoms with Gasteiger partial charge in [0.2, 0.25) is 0 Å². The van der Waals surface area contributed by atoms with Crippen LogP contribution in [0.5, 0.6) is 0 Å². The van der Waals surface area contributed by atoms with Crippen molar-refractivity contribution >= 4 is 5.82 Å². The smallest absolute Gasteiger partial charge is 0.129 e. The van der Waals surface area contributed by atoms with Gasteiger partial charge in [0.1, 0.15) is 12.1 Å². The monoisotopic (exact) mass is 193 g/mol. The zero-order valence-corrected chi connectivity index (χ0v) is 8.15. The summed E-state index contributed by atoms with van der Waals surface area (Å²) in [4.78, 5) is 8.02. The fraction of sp³-hybridized carbons (Fsp3) is 0.600. The highest BCUT2D eigenvalue weighted by Gasteiger charge is 2.11. The average Bonchev–Trinajstić information content (AvgIpc) is 2.48. The largest absolute Gasteiger partial charge is 0.381 e. The van der Waals surface area contributed by atoms with E-state index in [0.717, 1.165) is 38.3 Å². The van der Waals surface area contributed by atoms with Crippen LogP contribution in [0.4, 0.5) is 5.82 Å². The number of rotatable bonds is 2. The molecule has 1 aromatic rings. The van der Waals surface area contributed by atoms with Gasteiger partial charge in [-0.25, -0.2) is 9.97 Å². The molecule has 0 saturated carbocycles. The molecule has 0 spiro atoms. The summed E-state index contributed by atoms with van der Waals surface area (Å²) in [5.41, 5.74) is 0. The maximum atomic E-state index is 5.39. The summed E-state index contributed by atoms with van der Waals surface area (Å²) in [7, 11) is 0. The number of hydrogen-bond acceptors (Lipinski definition) is 4. The van der Waals surface area contributed by atoms with Crippen LogP contribution in [0.15, 0.2) is 18.6 Å². The van der Waals surface area contributed by atoms with Gasteiger partial charge in [-0.3, -0.25) is 0 Å². The number of ether oxygens (including phenoxy) is 1. The lowest BCUT2D eigenvalue weighted by molar-refractivity contribution is 0.144. The number of anilines is 1. The van der Waals surface area contributed by atoms with Crippen molar-refractivity contribution in [2.24, 2.45) is 0 Å². The van der Waals surface area contributed by atoms with Crippen LogP contribution in [-0.4, -0.2) is 29.2 Å². The van der Waals surface area contributed by atoms with Crippen molar-refractivity contribution in [1.29, 1.82) is 0 Å². The van der Waals surface area contributed by atoms with Gasteiger partial charge in [-0.15, -0.1) is 0 Å². The predicted molar refractivity (Wildman–Crippen MR) is 54.1 cm³/mol. The fourth-order valence-electron chi connectivity index (χ4n) is 1.63. The second-order valence-corrected chi connectivity index (χ2v) is 3.48. The third-order valence-corrected chi connectivity index (χ3v) is 2.39. The Morgan fingerprint density at radius 3 is 3.21 bits per heavy atom. The first-order valence-corrected chi connectivity index (χ1v) is 5.05. The lowest BCUT2D eigenvalue weighted by atomic mass is 10.1. The number of nitrogens with zero attached hydrogens (tertiary/aromatic N) is 2. The summed E-state index contributed by atoms with van der Waals surface area (Å²) >= 11 is 0. The van der Waals surface area contributed by atoms with E-state index in [1.54, 1.807) is 12.5 Å². The summed E-state index contributed by atoms with van der Waals surface area (Å²) in [5, 5.41) is 3.39. The van der Waals surface area contributed by atoms with Crippen LogP contribution in [0.25, 0.3) is 0 Å². The van der Waals surface area contributed by atoms with Crippen LogP contribution in [0, 0.1) is 0 Å². The van der Waals surface area contributed by atoms with E-state index in [1.165, 1.54) is 0 Å². The zero-order chi connectivity index (χ0) is 9.64. The topological polar surface area (TPSA) is 47.0 Å². The zero-order valence-electron chi connectivity index (χ0n) is 8.15. The van der Waals surface area contributed by atoms with Crippen molar-refractivity contribution in [3.8, 4) is 0 Å². The molecule has 0 amide bonds. The molecule has 1 aliphatic heterocycles. The van der Waals surface area contributed by atoms with Gasteiger partial charge in [0, 0.05) is 25.5 Å². The van der Waals surface area contributed by atoms with E-state index in [2.05, 4.69) is 15.3 Å². The molecule has 0 bridgehead atoms. The SMILES string of the molecule is c1cc(NC2CCCOCC2)ncn1. The molecule has 1 aromatic heterocycles. The highest BCUT2D eigenvalue weighted by molar-refractivity contribution is 5.32. The van der Waals surface area contributed by atoms with Gasteiger partial charge in [-0.2, -0.15) is 0 Å². The van der Waals surface area contributed by atoms with Gasteiger partial charge >= 0.3 is 0 Å². The molecule has 4 nitrogen and oxygen atoms in total. The highest BCUT2D eigenvalue weighted by atomic mass is 16.5. The Hall–Kier alpha value is -1.16. The fourth-order valence-corrected chi connectivity index (χ4v) is 1.63. The van der Waals surface area contributed by atoms with Gasteiger partial charge in [0.05, 0.1) is 0 Å². The van der Waals surface area contributed by atoms with Crippen LogP contribution >= 0.6 is 0 Å². The van der Waals surface area contributed by atoms with Gasteiger partial charge in [0.25, 0.3) is 0 Å². The van der Waals surface area contributed by atoms with E-state index in [-0.39, 0.29) is 0 Å². The Bertz CT molecular complexity index is 257. The summed E-state index contributed by atoms with van der Waals surface area (Å²) < 4.78 is 5.39. The molecule has 4 heteroatoms. The van der Waals surface area contributed by atoms with E-state index in [1.807, 2.05) is 6.07 Å². The summed E-state index contributed by atoms with van der Waals surface area (Å²) in [6.07, 6.45) is 6.66. The lowest BCUT2D eigenvalue weighted by Crippen LogP contribution is -2.20.